The van der Waals surface area contributed by atoms with Gasteiger partial charge in [-0.15, -0.1) is 0 Å². The number of rotatable bonds is 7. The molecule has 1 aliphatic heterocycles. The molecule has 0 bridgehead atoms. The quantitative estimate of drug-likeness (QED) is 0.660. The van der Waals surface area contributed by atoms with Gasteiger partial charge in [-0.05, 0) is 56.9 Å². The van der Waals surface area contributed by atoms with Gasteiger partial charge in [0.05, 0.1) is 11.7 Å². The number of carbonyl (C=O) groups excluding carboxylic acids is 3. The van der Waals surface area contributed by atoms with Crippen LogP contribution in [0, 0.1) is 0 Å². The molecule has 0 spiro atoms. The molecule has 30 heavy (non-hydrogen) atoms. The minimum absolute atomic E-state index is 0.0883. The Labute approximate surface area is 176 Å². The van der Waals surface area contributed by atoms with Gasteiger partial charge in [0.1, 0.15) is 12.4 Å². The molecule has 3 rings (SSSR count). The van der Waals surface area contributed by atoms with Crippen molar-refractivity contribution >= 4 is 17.9 Å². The Balaban J connectivity index is 1.41. The minimum atomic E-state index is -1.09. The normalized spacial score (nSPS) is 20.2. The molecule has 3 amide bonds. The second-order valence-corrected chi connectivity index (χ2v) is 7.82. The summed E-state index contributed by atoms with van der Waals surface area (Å²) in [6, 6.07) is 6.04. The highest BCUT2D eigenvalue weighted by molar-refractivity contribution is 5.98. The smallest absolute Gasteiger partial charge is 0.338 e. The fraction of sp³-hybridized carbons (Fsp3) is 0.591. The number of hydrogen-bond acceptors (Lipinski definition) is 6. The van der Waals surface area contributed by atoms with Crippen molar-refractivity contribution in [2.45, 2.75) is 70.1 Å². The summed E-state index contributed by atoms with van der Waals surface area (Å²) < 4.78 is 16.3. The Kier molecular flexibility index (Phi) is 8.07. The third-order valence-corrected chi connectivity index (χ3v) is 5.38. The number of hydrogen-bond donors (Lipinski definition) is 2. The van der Waals surface area contributed by atoms with Crippen LogP contribution in [0.5, 0.6) is 5.75 Å². The highest BCUT2D eigenvalue weighted by Crippen LogP contribution is 2.18. The van der Waals surface area contributed by atoms with Crippen LogP contribution in [-0.2, 0) is 14.3 Å². The first-order valence-electron chi connectivity index (χ1n) is 10.7. The maximum Gasteiger partial charge on any atom is 0.338 e. The summed E-state index contributed by atoms with van der Waals surface area (Å²) in [5, 5.41) is 5.03. The Hall–Kier alpha value is -2.61. The lowest BCUT2D eigenvalue weighted by molar-refractivity contribution is -0.127. The van der Waals surface area contributed by atoms with E-state index in [-0.39, 0.29) is 12.1 Å². The van der Waals surface area contributed by atoms with E-state index in [1.54, 1.807) is 24.3 Å². The first kappa shape index (κ1) is 22.1. The standard InChI is InChI=1S/C22H30N2O6/c1-15(20(25)24-22(27)23-17-6-3-2-4-7-17)30-21(26)16-9-11-18(12-10-16)29-14-19-8-5-13-28-19/h9-12,15,17,19H,2-8,13-14H2,1H3,(H2,23,24,25,27)/t15-,19-/m1/s1. The molecule has 1 saturated carbocycles. The molecule has 164 valence electrons. The number of esters is 1. The average Bonchev–Trinajstić information content (AvgIpc) is 3.27. The van der Waals surface area contributed by atoms with Crippen LogP contribution in [0.15, 0.2) is 24.3 Å². The van der Waals surface area contributed by atoms with Crippen molar-refractivity contribution in [1.29, 1.82) is 0 Å². The van der Waals surface area contributed by atoms with Gasteiger partial charge in [-0.25, -0.2) is 9.59 Å². The molecular formula is C22H30N2O6. The topological polar surface area (TPSA) is 103 Å². The zero-order chi connectivity index (χ0) is 21.3. The van der Waals surface area contributed by atoms with Crippen molar-refractivity contribution in [3.05, 3.63) is 29.8 Å². The maximum atomic E-state index is 12.3. The molecule has 1 saturated heterocycles. The van der Waals surface area contributed by atoms with Gasteiger partial charge in [-0.3, -0.25) is 10.1 Å². The largest absolute Gasteiger partial charge is 0.491 e. The number of benzene rings is 1. The molecule has 2 N–H and O–H groups in total. The number of carbonyl (C=O) groups is 3. The van der Waals surface area contributed by atoms with Gasteiger partial charge in [-0.1, -0.05) is 19.3 Å². The molecule has 1 aromatic rings. The van der Waals surface area contributed by atoms with E-state index in [0.29, 0.717) is 17.9 Å². The van der Waals surface area contributed by atoms with E-state index in [1.807, 2.05) is 0 Å². The van der Waals surface area contributed by atoms with Crippen molar-refractivity contribution in [1.82, 2.24) is 10.6 Å². The second-order valence-electron chi connectivity index (χ2n) is 7.82. The van der Waals surface area contributed by atoms with E-state index in [1.165, 1.54) is 13.3 Å². The van der Waals surface area contributed by atoms with Gasteiger partial charge in [0, 0.05) is 12.6 Å². The third kappa shape index (κ3) is 6.73. The van der Waals surface area contributed by atoms with E-state index < -0.39 is 24.0 Å². The summed E-state index contributed by atoms with van der Waals surface area (Å²) in [6.45, 7) is 2.68. The van der Waals surface area contributed by atoms with Crippen LogP contribution in [-0.4, -0.2) is 49.4 Å². The minimum Gasteiger partial charge on any atom is -0.491 e. The monoisotopic (exact) mass is 418 g/mol. The van der Waals surface area contributed by atoms with Crippen molar-refractivity contribution in [3.8, 4) is 5.75 Å². The van der Waals surface area contributed by atoms with E-state index in [0.717, 1.165) is 45.1 Å². The summed E-state index contributed by atoms with van der Waals surface area (Å²) in [5.41, 5.74) is 0.297. The van der Waals surface area contributed by atoms with Crippen molar-refractivity contribution in [3.63, 3.8) is 0 Å². The lowest BCUT2D eigenvalue weighted by atomic mass is 9.96. The summed E-state index contributed by atoms with van der Waals surface area (Å²) in [6.07, 6.45) is 6.22. The van der Waals surface area contributed by atoms with E-state index in [9.17, 15) is 14.4 Å². The van der Waals surface area contributed by atoms with Gasteiger partial charge >= 0.3 is 12.0 Å². The molecule has 2 atom stereocenters. The van der Waals surface area contributed by atoms with Crippen LogP contribution in [0.3, 0.4) is 0 Å². The fourth-order valence-electron chi connectivity index (χ4n) is 3.62. The van der Waals surface area contributed by atoms with Crippen molar-refractivity contribution in [2.75, 3.05) is 13.2 Å². The molecule has 1 aliphatic carbocycles. The van der Waals surface area contributed by atoms with Crippen LogP contribution in [0.25, 0.3) is 0 Å². The predicted molar refractivity (Wildman–Crippen MR) is 109 cm³/mol. The highest BCUT2D eigenvalue weighted by atomic mass is 16.5. The zero-order valence-corrected chi connectivity index (χ0v) is 17.4. The Morgan fingerprint density at radius 3 is 2.47 bits per heavy atom. The predicted octanol–water partition coefficient (Wildman–Crippen LogP) is 2.95. The lowest BCUT2D eigenvalue weighted by Crippen LogP contribution is -2.48. The molecule has 2 fully saturated rings. The molecule has 0 unspecified atom stereocenters. The van der Waals surface area contributed by atoms with Crippen molar-refractivity contribution in [2.24, 2.45) is 0 Å². The SMILES string of the molecule is C[C@@H](OC(=O)c1ccc(OC[C@H]2CCCO2)cc1)C(=O)NC(=O)NC1CCCCC1. The van der Waals surface area contributed by atoms with Crippen LogP contribution in [0.2, 0.25) is 0 Å². The summed E-state index contributed by atoms with van der Waals surface area (Å²) in [5.74, 6) is -0.670. The summed E-state index contributed by atoms with van der Waals surface area (Å²) in [7, 11) is 0. The molecule has 0 aromatic heterocycles. The first-order chi connectivity index (χ1) is 14.5. The third-order valence-electron chi connectivity index (χ3n) is 5.38. The van der Waals surface area contributed by atoms with Crippen molar-refractivity contribution < 1.29 is 28.6 Å². The molecule has 8 nitrogen and oxygen atoms in total. The molecule has 1 heterocycles. The van der Waals surface area contributed by atoms with Crippen LogP contribution in [0.1, 0.15) is 62.2 Å². The average molecular weight is 418 g/mol. The van der Waals surface area contributed by atoms with E-state index >= 15 is 0 Å². The lowest BCUT2D eigenvalue weighted by Gasteiger charge is -2.23. The van der Waals surface area contributed by atoms with Gasteiger partial charge in [-0.2, -0.15) is 0 Å². The maximum absolute atomic E-state index is 12.3. The van der Waals surface area contributed by atoms with Crippen LogP contribution < -0.4 is 15.4 Å². The van der Waals surface area contributed by atoms with Gasteiger partial charge in [0.15, 0.2) is 6.10 Å². The van der Waals surface area contributed by atoms with Crippen LogP contribution in [0.4, 0.5) is 4.79 Å². The zero-order valence-electron chi connectivity index (χ0n) is 17.4. The van der Waals surface area contributed by atoms with Gasteiger partial charge in [0.2, 0.25) is 0 Å². The van der Waals surface area contributed by atoms with Gasteiger partial charge in [0.25, 0.3) is 5.91 Å². The van der Waals surface area contributed by atoms with Crippen LogP contribution >= 0.6 is 0 Å². The molecular weight excluding hydrogens is 388 g/mol. The van der Waals surface area contributed by atoms with E-state index in [2.05, 4.69) is 10.6 Å². The second kappa shape index (κ2) is 11.0. The number of imide groups is 1. The van der Waals surface area contributed by atoms with E-state index in [4.69, 9.17) is 14.2 Å². The molecule has 8 heteroatoms. The number of amides is 3. The Bertz CT molecular complexity index is 724. The Morgan fingerprint density at radius 2 is 1.80 bits per heavy atom. The molecule has 1 aromatic carbocycles. The fourth-order valence-corrected chi connectivity index (χ4v) is 3.62. The number of urea groups is 1. The van der Waals surface area contributed by atoms with Gasteiger partial charge < -0.3 is 19.5 Å². The Morgan fingerprint density at radius 1 is 1.07 bits per heavy atom. The highest BCUT2D eigenvalue weighted by Gasteiger charge is 2.23. The number of ether oxygens (including phenoxy) is 3. The summed E-state index contributed by atoms with van der Waals surface area (Å²) >= 11 is 0. The summed E-state index contributed by atoms with van der Waals surface area (Å²) in [4.78, 5) is 36.4. The molecule has 0 radical (unpaired) electrons. The molecule has 2 aliphatic rings. The first-order valence-corrected chi connectivity index (χ1v) is 10.7. The number of nitrogens with one attached hydrogen (secondary N) is 2.